The highest BCUT2D eigenvalue weighted by Crippen LogP contribution is 2.16. The van der Waals surface area contributed by atoms with Gasteiger partial charge in [0, 0.05) is 24.4 Å². The quantitative estimate of drug-likeness (QED) is 0.785. The zero-order valence-corrected chi connectivity index (χ0v) is 13.5. The molecule has 0 unspecified atom stereocenters. The molecule has 1 aliphatic rings. The Hall–Kier alpha value is -3.28. The smallest absolute Gasteiger partial charge is 0.253 e. The van der Waals surface area contributed by atoms with Crippen LogP contribution in [0.5, 0.6) is 5.75 Å². The highest BCUT2D eigenvalue weighted by Gasteiger charge is 2.18. The number of nitrogens with zero attached hydrogens (tertiary/aromatic N) is 3. The van der Waals surface area contributed by atoms with E-state index in [-0.39, 0.29) is 11.8 Å². The average molecular weight is 335 g/mol. The summed E-state index contributed by atoms with van der Waals surface area (Å²) >= 11 is 0. The van der Waals surface area contributed by atoms with Crippen LogP contribution in [0.4, 0.5) is 0 Å². The van der Waals surface area contributed by atoms with Crippen LogP contribution in [0.15, 0.2) is 61.0 Å². The van der Waals surface area contributed by atoms with Crippen LogP contribution in [-0.4, -0.2) is 33.5 Å². The molecule has 126 valence electrons. The van der Waals surface area contributed by atoms with E-state index in [1.165, 1.54) is 17.1 Å². The highest BCUT2D eigenvalue weighted by atomic mass is 16.5. The molecule has 25 heavy (non-hydrogen) atoms. The van der Waals surface area contributed by atoms with Crippen LogP contribution >= 0.6 is 0 Å². The molecule has 0 atom stereocenters. The Balaban J connectivity index is 1.62. The van der Waals surface area contributed by atoms with Gasteiger partial charge in [-0.3, -0.25) is 14.5 Å². The second-order valence-electron chi connectivity index (χ2n) is 5.46. The summed E-state index contributed by atoms with van der Waals surface area (Å²) in [6.07, 6.45) is 10.2. The molecule has 6 nitrogen and oxygen atoms in total. The summed E-state index contributed by atoms with van der Waals surface area (Å²) in [6.45, 7) is 0.803. The number of hydrogen-bond donors (Lipinski definition) is 0. The standard InChI is InChI=1S/C19H17N3O3/c23-18-6-1-2-11-22(18)19(24)8-7-15-4-3-5-17(12-15)25-14-16-9-10-20-21-13-16/h1,3-10,12-13H,2,11,14H2/b8-7+. The number of imide groups is 1. The predicted molar refractivity (Wildman–Crippen MR) is 92.3 cm³/mol. The number of ether oxygens (including phenoxy) is 1. The third kappa shape index (κ3) is 4.60. The first kappa shape index (κ1) is 16.6. The van der Waals surface area contributed by atoms with Crippen LogP contribution in [0.3, 0.4) is 0 Å². The number of amides is 2. The summed E-state index contributed by atoms with van der Waals surface area (Å²) in [5, 5.41) is 7.52. The van der Waals surface area contributed by atoms with E-state index < -0.39 is 0 Å². The van der Waals surface area contributed by atoms with Gasteiger partial charge in [-0.2, -0.15) is 10.2 Å². The zero-order chi connectivity index (χ0) is 17.5. The van der Waals surface area contributed by atoms with Crippen molar-refractivity contribution in [1.82, 2.24) is 15.1 Å². The summed E-state index contributed by atoms with van der Waals surface area (Å²) in [5.41, 5.74) is 1.74. The second-order valence-corrected chi connectivity index (χ2v) is 5.46. The lowest BCUT2D eigenvalue weighted by Crippen LogP contribution is -2.37. The third-order valence-corrected chi connectivity index (χ3v) is 3.64. The van der Waals surface area contributed by atoms with Gasteiger partial charge < -0.3 is 4.74 Å². The van der Waals surface area contributed by atoms with Crippen molar-refractivity contribution in [3.8, 4) is 5.75 Å². The molecule has 0 saturated carbocycles. The maximum absolute atomic E-state index is 12.1. The minimum absolute atomic E-state index is 0.274. The number of benzene rings is 1. The first-order valence-electron chi connectivity index (χ1n) is 7.91. The van der Waals surface area contributed by atoms with Gasteiger partial charge in [0.15, 0.2) is 0 Å². The molecule has 2 aromatic rings. The van der Waals surface area contributed by atoms with Crippen molar-refractivity contribution in [3.05, 3.63) is 72.1 Å². The summed E-state index contributed by atoms with van der Waals surface area (Å²) < 4.78 is 5.71. The van der Waals surface area contributed by atoms with Crippen molar-refractivity contribution in [2.75, 3.05) is 6.54 Å². The predicted octanol–water partition coefficient (Wildman–Crippen LogP) is 2.38. The number of carbonyl (C=O) groups excluding carboxylic acids is 2. The molecule has 2 heterocycles. The number of carbonyl (C=O) groups is 2. The molecule has 1 aliphatic heterocycles. The maximum Gasteiger partial charge on any atom is 0.253 e. The van der Waals surface area contributed by atoms with Crippen LogP contribution in [0.2, 0.25) is 0 Å². The minimum atomic E-state index is -0.316. The van der Waals surface area contributed by atoms with Crippen molar-refractivity contribution in [2.24, 2.45) is 0 Å². The Kier molecular flexibility index (Phi) is 5.31. The van der Waals surface area contributed by atoms with Gasteiger partial charge in [0.05, 0.1) is 6.20 Å². The van der Waals surface area contributed by atoms with Crippen molar-refractivity contribution in [1.29, 1.82) is 0 Å². The third-order valence-electron chi connectivity index (χ3n) is 3.64. The Labute approximate surface area is 145 Å². The molecule has 0 spiro atoms. The summed E-state index contributed by atoms with van der Waals surface area (Å²) in [4.78, 5) is 25.0. The summed E-state index contributed by atoms with van der Waals surface area (Å²) in [5.74, 6) is 0.0934. The Morgan fingerprint density at radius 2 is 2.20 bits per heavy atom. The maximum atomic E-state index is 12.1. The Bertz CT molecular complexity index is 816. The van der Waals surface area contributed by atoms with Gasteiger partial charge in [-0.25, -0.2) is 0 Å². The molecule has 2 amide bonds. The van der Waals surface area contributed by atoms with E-state index in [2.05, 4.69) is 10.2 Å². The lowest BCUT2D eigenvalue weighted by molar-refractivity contribution is -0.139. The minimum Gasteiger partial charge on any atom is -0.489 e. The van der Waals surface area contributed by atoms with E-state index in [4.69, 9.17) is 4.74 Å². The van der Waals surface area contributed by atoms with Crippen LogP contribution in [0.1, 0.15) is 17.5 Å². The zero-order valence-electron chi connectivity index (χ0n) is 13.5. The fraction of sp³-hybridized carbons (Fsp3) is 0.158. The number of aromatic nitrogens is 2. The van der Waals surface area contributed by atoms with Crippen molar-refractivity contribution >= 4 is 17.9 Å². The van der Waals surface area contributed by atoms with Gasteiger partial charge in [0.25, 0.3) is 11.8 Å². The molecular weight excluding hydrogens is 318 g/mol. The first-order chi connectivity index (χ1) is 12.2. The molecular formula is C19H17N3O3. The SMILES string of the molecule is O=C1C=CCCN1C(=O)/C=C/c1cccc(OCc2ccnnc2)c1. The van der Waals surface area contributed by atoms with Crippen LogP contribution in [0, 0.1) is 0 Å². The average Bonchev–Trinajstić information content (AvgIpc) is 2.66. The molecule has 3 rings (SSSR count). The van der Waals surface area contributed by atoms with Gasteiger partial charge in [-0.05, 0) is 42.3 Å². The molecule has 1 aromatic carbocycles. The lowest BCUT2D eigenvalue weighted by atomic mass is 10.2. The molecule has 0 aliphatic carbocycles. The summed E-state index contributed by atoms with van der Waals surface area (Å²) in [6, 6.07) is 9.21. The molecule has 0 fully saturated rings. The molecule has 6 heteroatoms. The van der Waals surface area contributed by atoms with E-state index in [9.17, 15) is 9.59 Å². The van der Waals surface area contributed by atoms with E-state index >= 15 is 0 Å². The second kappa shape index (κ2) is 8.01. The summed E-state index contributed by atoms with van der Waals surface area (Å²) in [7, 11) is 0. The van der Waals surface area contributed by atoms with Crippen molar-refractivity contribution in [3.63, 3.8) is 0 Å². The van der Waals surface area contributed by atoms with Gasteiger partial charge in [-0.15, -0.1) is 0 Å². The topological polar surface area (TPSA) is 72.4 Å². The fourth-order valence-electron chi connectivity index (χ4n) is 2.34. The van der Waals surface area contributed by atoms with E-state index in [0.29, 0.717) is 25.3 Å². The molecule has 0 bridgehead atoms. The van der Waals surface area contributed by atoms with E-state index in [0.717, 1.165) is 11.1 Å². The number of rotatable bonds is 5. The van der Waals surface area contributed by atoms with Crippen molar-refractivity contribution in [2.45, 2.75) is 13.0 Å². The monoisotopic (exact) mass is 335 g/mol. The van der Waals surface area contributed by atoms with Crippen LogP contribution in [-0.2, 0) is 16.2 Å². The Morgan fingerprint density at radius 3 is 3.00 bits per heavy atom. The van der Waals surface area contributed by atoms with Gasteiger partial charge >= 0.3 is 0 Å². The van der Waals surface area contributed by atoms with Crippen molar-refractivity contribution < 1.29 is 14.3 Å². The van der Waals surface area contributed by atoms with E-state index in [1.54, 1.807) is 24.5 Å². The van der Waals surface area contributed by atoms with E-state index in [1.807, 2.05) is 30.3 Å². The largest absolute Gasteiger partial charge is 0.489 e. The van der Waals surface area contributed by atoms with Crippen LogP contribution < -0.4 is 4.74 Å². The molecule has 0 saturated heterocycles. The molecule has 0 radical (unpaired) electrons. The van der Waals surface area contributed by atoms with Crippen LogP contribution in [0.25, 0.3) is 6.08 Å². The lowest BCUT2D eigenvalue weighted by Gasteiger charge is -2.19. The number of hydrogen-bond acceptors (Lipinski definition) is 5. The van der Waals surface area contributed by atoms with Gasteiger partial charge in [-0.1, -0.05) is 18.2 Å². The Morgan fingerprint density at radius 1 is 1.28 bits per heavy atom. The highest BCUT2D eigenvalue weighted by molar-refractivity contribution is 6.06. The van der Waals surface area contributed by atoms with Gasteiger partial charge in [0.2, 0.25) is 0 Å². The molecule has 1 aromatic heterocycles. The first-order valence-corrected chi connectivity index (χ1v) is 7.91. The van der Waals surface area contributed by atoms with Gasteiger partial charge in [0.1, 0.15) is 12.4 Å². The fourth-order valence-corrected chi connectivity index (χ4v) is 2.34. The molecule has 0 N–H and O–H groups in total. The normalized spacial score (nSPS) is 14.1.